The van der Waals surface area contributed by atoms with E-state index in [-0.39, 0.29) is 0 Å². The van der Waals surface area contributed by atoms with Crippen molar-refractivity contribution in [1.82, 2.24) is 13.7 Å². The minimum atomic E-state index is 1.12. The van der Waals surface area contributed by atoms with Crippen molar-refractivity contribution in [2.45, 2.75) is 0 Å². The Morgan fingerprint density at radius 1 is 0.156 bits per heavy atom. The monoisotopic (exact) mass is 977 g/mol. The lowest BCUT2D eigenvalue weighted by molar-refractivity contribution is 1.18. The molecular weight excluding hydrogens is 931 g/mol. The second-order valence-corrected chi connectivity index (χ2v) is 20.4. The van der Waals surface area contributed by atoms with Crippen LogP contribution in [0.3, 0.4) is 0 Å². The summed E-state index contributed by atoms with van der Waals surface area (Å²) < 4.78 is 7.24. The van der Waals surface area contributed by atoms with Crippen LogP contribution in [0.25, 0.3) is 149 Å². The normalized spacial score (nSPS) is 11.9. The maximum atomic E-state index is 2.46. The largest absolute Gasteiger partial charge is 0.309 e. The van der Waals surface area contributed by atoms with E-state index < -0.39 is 0 Å². The van der Waals surface area contributed by atoms with Gasteiger partial charge >= 0.3 is 0 Å². The summed E-state index contributed by atoms with van der Waals surface area (Å²) in [5.41, 5.74) is 20.3. The van der Waals surface area contributed by atoms with Crippen LogP contribution in [0.2, 0.25) is 0 Å². The number of aromatic nitrogens is 3. The Labute approximate surface area is 445 Å². The fourth-order valence-corrected chi connectivity index (χ4v) is 12.8. The molecule has 3 aromatic heterocycles. The molecule has 0 unspecified atom stereocenters. The molecule has 0 saturated carbocycles. The summed E-state index contributed by atoms with van der Waals surface area (Å²) in [7, 11) is 0. The summed E-state index contributed by atoms with van der Waals surface area (Å²) in [5, 5.41) is 12.4. The van der Waals surface area contributed by atoms with Crippen LogP contribution in [0.1, 0.15) is 0 Å². The van der Waals surface area contributed by atoms with Gasteiger partial charge in [-0.05, 0) is 163 Å². The summed E-state index contributed by atoms with van der Waals surface area (Å²) in [6, 6.07) is 105. The third kappa shape index (κ3) is 6.70. The predicted molar refractivity (Wildman–Crippen MR) is 326 cm³/mol. The van der Waals surface area contributed by atoms with Crippen molar-refractivity contribution in [3.63, 3.8) is 0 Å². The zero-order chi connectivity index (χ0) is 50.6. The van der Waals surface area contributed by atoms with E-state index in [0.29, 0.717) is 0 Å². The average Bonchev–Trinajstić information content (AvgIpc) is 4.31. The van der Waals surface area contributed by atoms with Crippen LogP contribution in [0.5, 0.6) is 0 Å². The summed E-state index contributed by atoms with van der Waals surface area (Å²) in [6.07, 6.45) is 0. The van der Waals surface area contributed by atoms with E-state index in [9.17, 15) is 0 Å². The minimum absolute atomic E-state index is 1.12. The summed E-state index contributed by atoms with van der Waals surface area (Å²) in [5.74, 6) is 0. The van der Waals surface area contributed by atoms with Crippen molar-refractivity contribution in [2.75, 3.05) is 0 Å². The Morgan fingerprint density at radius 2 is 0.403 bits per heavy atom. The smallest absolute Gasteiger partial charge is 0.0541 e. The molecular formula is C74H47N3. The van der Waals surface area contributed by atoms with Gasteiger partial charge in [-0.25, -0.2) is 0 Å². The number of nitrogens with zero attached hydrogens (tertiary/aromatic N) is 3. The fraction of sp³-hybridized carbons (Fsp3) is 0. The van der Waals surface area contributed by atoms with Crippen molar-refractivity contribution in [1.29, 1.82) is 0 Å². The van der Waals surface area contributed by atoms with Crippen molar-refractivity contribution in [3.8, 4) is 61.6 Å². The van der Waals surface area contributed by atoms with Gasteiger partial charge in [-0.1, -0.05) is 188 Å². The summed E-state index contributed by atoms with van der Waals surface area (Å²) >= 11 is 0. The molecule has 0 aliphatic heterocycles. The molecule has 0 aliphatic rings. The Bertz CT molecular complexity index is 4730. The van der Waals surface area contributed by atoms with Crippen LogP contribution in [0.15, 0.2) is 285 Å². The first-order chi connectivity index (χ1) is 38.2. The molecule has 16 aromatic rings. The fourth-order valence-electron chi connectivity index (χ4n) is 12.8. The van der Waals surface area contributed by atoms with Gasteiger partial charge in [-0.2, -0.15) is 0 Å². The quantitative estimate of drug-likeness (QED) is 0.141. The van der Waals surface area contributed by atoms with Gasteiger partial charge in [0.25, 0.3) is 0 Å². The molecule has 0 fully saturated rings. The van der Waals surface area contributed by atoms with Crippen LogP contribution >= 0.6 is 0 Å². The molecule has 0 radical (unpaired) electrons. The summed E-state index contributed by atoms with van der Waals surface area (Å²) in [4.78, 5) is 0. The van der Waals surface area contributed by atoms with Crippen LogP contribution in [0, 0.1) is 0 Å². The number of hydrogen-bond acceptors (Lipinski definition) is 0. The standard InChI is InChI=1S/C74H47N3/c1-4-18-48(19-5-1)73-59-26-10-12-28-61(59)74(62-29-13-11-27-60(62)73)49-32-38-56(39-33-49)77-71-42-36-52(50-34-40-69-63(44-50)57-24-14-16-30-67(57)75(69)54-20-6-2-7-21-54)46-65(71)66-47-53(37-43-72(66)77)51-35-41-70-64(45-51)58-25-15-17-31-68(58)76(70)55-22-8-3-9-23-55/h1-47H. The maximum absolute atomic E-state index is 2.46. The molecule has 0 bridgehead atoms. The SMILES string of the molecule is c1ccc(-c2c3ccccc3c(-c3ccc(-n4c5ccc(-c6ccc7c(c6)c6ccccc6n7-c6ccccc6)cc5c5cc(-c6ccc7c(c6)c6ccccc6n7-c6ccccc6)ccc54)cc3)c3ccccc23)cc1. The highest BCUT2D eigenvalue weighted by Gasteiger charge is 2.21. The first-order valence-corrected chi connectivity index (χ1v) is 26.6. The number of hydrogen-bond donors (Lipinski definition) is 0. The molecule has 0 aliphatic carbocycles. The predicted octanol–water partition coefficient (Wildman–Crippen LogP) is 20.0. The van der Waals surface area contributed by atoms with Crippen LogP contribution in [0.4, 0.5) is 0 Å². The van der Waals surface area contributed by atoms with E-state index in [1.165, 1.54) is 131 Å². The van der Waals surface area contributed by atoms with Gasteiger partial charge in [0.05, 0.1) is 33.1 Å². The molecule has 0 saturated heterocycles. The van der Waals surface area contributed by atoms with Crippen LogP contribution < -0.4 is 0 Å². The third-order valence-electron chi connectivity index (χ3n) is 16.2. The molecule has 3 heteroatoms. The molecule has 13 aromatic carbocycles. The van der Waals surface area contributed by atoms with Gasteiger partial charge < -0.3 is 13.7 Å². The van der Waals surface area contributed by atoms with E-state index >= 15 is 0 Å². The number of rotatable bonds is 7. The Morgan fingerprint density at radius 3 is 0.766 bits per heavy atom. The van der Waals surface area contributed by atoms with Gasteiger partial charge in [0, 0.05) is 49.4 Å². The lowest BCUT2D eigenvalue weighted by atomic mass is 9.86. The first kappa shape index (κ1) is 43.2. The zero-order valence-corrected chi connectivity index (χ0v) is 42.0. The Hall–Kier alpha value is -10.2. The lowest BCUT2D eigenvalue weighted by Crippen LogP contribution is -1.95. The van der Waals surface area contributed by atoms with E-state index in [1.54, 1.807) is 0 Å². The van der Waals surface area contributed by atoms with Gasteiger partial charge in [0.1, 0.15) is 0 Å². The van der Waals surface area contributed by atoms with E-state index in [1.807, 2.05) is 0 Å². The van der Waals surface area contributed by atoms with Gasteiger partial charge in [-0.15, -0.1) is 0 Å². The Balaban J connectivity index is 0.882. The third-order valence-corrected chi connectivity index (χ3v) is 16.2. The number of fused-ring (bicyclic) bond motifs is 11. The van der Waals surface area contributed by atoms with Gasteiger partial charge in [-0.3, -0.25) is 0 Å². The zero-order valence-electron chi connectivity index (χ0n) is 42.0. The lowest BCUT2D eigenvalue weighted by Gasteiger charge is -2.18. The summed E-state index contributed by atoms with van der Waals surface area (Å²) in [6.45, 7) is 0. The number of benzene rings is 13. The van der Waals surface area contributed by atoms with Crippen molar-refractivity contribution < 1.29 is 0 Å². The maximum Gasteiger partial charge on any atom is 0.0541 e. The topological polar surface area (TPSA) is 14.8 Å². The number of para-hydroxylation sites is 4. The highest BCUT2D eigenvalue weighted by atomic mass is 15.0. The first-order valence-electron chi connectivity index (χ1n) is 26.6. The average molecular weight is 978 g/mol. The molecule has 0 amide bonds. The second kappa shape index (κ2) is 17.2. The Kier molecular flexibility index (Phi) is 9.64. The second-order valence-electron chi connectivity index (χ2n) is 20.4. The molecule has 77 heavy (non-hydrogen) atoms. The minimum Gasteiger partial charge on any atom is -0.309 e. The molecule has 3 nitrogen and oxygen atoms in total. The highest BCUT2D eigenvalue weighted by Crippen LogP contribution is 2.45. The van der Waals surface area contributed by atoms with Crippen molar-refractivity contribution >= 4 is 87.0 Å². The van der Waals surface area contributed by atoms with Crippen LogP contribution in [-0.4, -0.2) is 13.7 Å². The van der Waals surface area contributed by atoms with E-state index in [4.69, 9.17) is 0 Å². The molecule has 0 N–H and O–H groups in total. The van der Waals surface area contributed by atoms with Crippen molar-refractivity contribution in [2.24, 2.45) is 0 Å². The molecule has 358 valence electrons. The molecule has 0 atom stereocenters. The molecule has 0 spiro atoms. The highest BCUT2D eigenvalue weighted by molar-refractivity contribution is 6.22. The van der Waals surface area contributed by atoms with E-state index in [2.05, 4.69) is 299 Å². The van der Waals surface area contributed by atoms with E-state index in [0.717, 1.165) is 17.1 Å². The van der Waals surface area contributed by atoms with Gasteiger partial charge in [0.2, 0.25) is 0 Å². The molecule has 3 heterocycles. The van der Waals surface area contributed by atoms with Crippen molar-refractivity contribution in [3.05, 3.63) is 285 Å². The van der Waals surface area contributed by atoms with Gasteiger partial charge in [0.15, 0.2) is 0 Å². The molecule has 16 rings (SSSR count). The van der Waals surface area contributed by atoms with Crippen LogP contribution in [-0.2, 0) is 0 Å².